The SMILES string of the molecule is Cc1c(C)c(S(=O)(=O)NC(N)=NCCC[C@H](N)C(=O)N[C@@H](Cc2ccc(OC(C)(C)C)cc2)C(=O)OC(C2CC2)C2CC2)c(C)c2c1OC(C)(C)CC2. The quantitative estimate of drug-likeness (QED) is 0.0837. The highest BCUT2D eigenvalue weighted by Crippen LogP contribution is 2.46. The van der Waals surface area contributed by atoms with E-state index in [4.69, 9.17) is 25.7 Å². The molecule has 1 amide bonds. The van der Waals surface area contributed by atoms with Crippen LogP contribution < -0.4 is 31.0 Å². The molecule has 0 aromatic heterocycles. The number of nitrogens with zero attached hydrogens (tertiary/aromatic N) is 1. The van der Waals surface area contributed by atoms with Crippen LogP contribution in [0, 0.1) is 32.6 Å². The molecule has 292 valence electrons. The Balaban J connectivity index is 1.18. The van der Waals surface area contributed by atoms with E-state index < -0.39 is 34.0 Å². The van der Waals surface area contributed by atoms with Crippen LogP contribution in [0.25, 0.3) is 0 Å². The molecule has 2 aromatic rings. The van der Waals surface area contributed by atoms with Crippen LogP contribution in [0.4, 0.5) is 0 Å². The number of esters is 1. The summed E-state index contributed by atoms with van der Waals surface area (Å²) < 4.78 is 47.8. The van der Waals surface area contributed by atoms with Gasteiger partial charge in [-0.3, -0.25) is 9.79 Å². The molecule has 6 N–H and O–H groups in total. The molecule has 13 heteroatoms. The minimum atomic E-state index is -4.04. The van der Waals surface area contributed by atoms with Gasteiger partial charge in [0.25, 0.3) is 10.0 Å². The molecule has 2 saturated carbocycles. The molecule has 12 nitrogen and oxygen atoms in total. The molecule has 2 atom stereocenters. The first-order valence-corrected chi connectivity index (χ1v) is 20.4. The number of hydrogen-bond donors (Lipinski definition) is 4. The predicted molar refractivity (Wildman–Crippen MR) is 205 cm³/mol. The van der Waals surface area contributed by atoms with Gasteiger partial charge in [0.1, 0.15) is 34.8 Å². The summed E-state index contributed by atoms with van der Waals surface area (Å²) in [7, 11) is -4.04. The van der Waals surface area contributed by atoms with Crippen LogP contribution in [-0.2, 0) is 37.2 Å². The fraction of sp³-hybridized carbons (Fsp3) is 0.625. The third kappa shape index (κ3) is 10.6. The van der Waals surface area contributed by atoms with Crippen molar-refractivity contribution in [3.05, 3.63) is 52.1 Å². The Bertz CT molecular complexity index is 1800. The monoisotopic (exact) mass is 753 g/mol. The lowest BCUT2D eigenvalue weighted by Gasteiger charge is -2.35. The van der Waals surface area contributed by atoms with Crippen molar-refractivity contribution in [3.63, 3.8) is 0 Å². The number of hydrogen-bond acceptors (Lipinski definition) is 9. The molecule has 2 fully saturated rings. The number of sulfonamides is 1. The van der Waals surface area contributed by atoms with Gasteiger partial charge in [-0.15, -0.1) is 0 Å². The van der Waals surface area contributed by atoms with Crippen molar-refractivity contribution < 1.29 is 32.2 Å². The van der Waals surface area contributed by atoms with Gasteiger partial charge in [0.2, 0.25) is 11.9 Å². The molecule has 2 aliphatic carbocycles. The van der Waals surface area contributed by atoms with Gasteiger partial charge in [-0.2, -0.15) is 0 Å². The highest BCUT2D eigenvalue weighted by molar-refractivity contribution is 7.90. The Morgan fingerprint density at radius 3 is 2.23 bits per heavy atom. The lowest BCUT2D eigenvalue weighted by molar-refractivity contribution is -0.155. The number of ether oxygens (including phenoxy) is 3. The summed E-state index contributed by atoms with van der Waals surface area (Å²) in [5.41, 5.74) is 15.4. The fourth-order valence-corrected chi connectivity index (χ4v) is 8.54. The van der Waals surface area contributed by atoms with E-state index in [1.165, 1.54) is 0 Å². The zero-order valence-corrected chi connectivity index (χ0v) is 33.5. The van der Waals surface area contributed by atoms with E-state index in [9.17, 15) is 18.0 Å². The summed E-state index contributed by atoms with van der Waals surface area (Å²) >= 11 is 0. The Labute approximate surface area is 315 Å². The van der Waals surface area contributed by atoms with Crippen molar-refractivity contribution in [2.24, 2.45) is 28.3 Å². The number of carbonyl (C=O) groups excluding carboxylic acids is 2. The maximum atomic E-state index is 13.6. The first-order valence-electron chi connectivity index (χ1n) is 18.9. The van der Waals surface area contributed by atoms with Gasteiger partial charge in [-0.25, -0.2) is 17.9 Å². The molecular formula is C40H59N5O7S. The lowest BCUT2D eigenvalue weighted by Crippen LogP contribution is -2.50. The van der Waals surface area contributed by atoms with Crippen molar-refractivity contribution in [3.8, 4) is 11.5 Å². The van der Waals surface area contributed by atoms with Gasteiger partial charge in [0.05, 0.1) is 10.9 Å². The normalized spacial score (nSPS) is 18.4. The van der Waals surface area contributed by atoms with Gasteiger partial charge in [-0.1, -0.05) is 12.1 Å². The number of nitrogens with two attached hydrogens (primary N) is 2. The van der Waals surface area contributed by atoms with Crippen molar-refractivity contribution >= 4 is 27.9 Å². The average Bonchev–Trinajstić information content (AvgIpc) is 3.98. The number of aliphatic imine (C=N–C) groups is 1. The molecule has 53 heavy (non-hydrogen) atoms. The average molecular weight is 754 g/mol. The minimum Gasteiger partial charge on any atom is -0.488 e. The number of carbonyl (C=O) groups is 2. The molecule has 2 aromatic carbocycles. The van der Waals surface area contributed by atoms with Crippen LogP contribution in [0.2, 0.25) is 0 Å². The maximum Gasteiger partial charge on any atom is 0.329 e. The number of guanidine groups is 1. The number of fused-ring (bicyclic) bond motifs is 1. The van der Waals surface area contributed by atoms with Crippen molar-refractivity contribution in [2.45, 2.75) is 147 Å². The van der Waals surface area contributed by atoms with E-state index in [1.807, 2.05) is 65.8 Å². The van der Waals surface area contributed by atoms with Crippen LogP contribution in [-0.4, -0.2) is 62.2 Å². The maximum absolute atomic E-state index is 13.6. The third-order valence-electron chi connectivity index (χ3n) is 10.3. The highest BCUT2D eigenvalue weighted by Gasteiger charge is 2.45. The van der Waals surface area contributed by atoms with Crippen molar-refractivity contribution in [1.82, 2.24) is 10.0 Å². The van der Waals surface area contributed by atoms with E-state index in [0.717, 1.165) is 54.5 Å². The highest BCUT2D eigenvalue weighted by atomic mass is 32.2. The third-order valence-corrected chi connectivity index (χ3v) is 11.9. The predicted octanol–water partition coefficient (Wildman–Crippen LogP) is 5.05. The Kier molecular flexibility index (Phi) is 12.1. The zero-order chi connectivity index (χ0) is 38.9. The van der Waals surface area contributed by atoms with E-state index in [0.29, 0.717) is 41.6 Å². The first kappa shape index (κ1) is 40.3. The summed E-state index contributed by atoms with van der Waals surface area (Å²) in [5, 5.41) is 2.85. The molecule has 3 aliphatic rings. The zero-order valence-electron chi connectivity index (χ0n) is 32.6. The second kappa shape index (κ2) is 15.9. The summed E-state index contributed by atoms with van der Waals surface area (Å²) in [4.78, 5) is 31.3. The lowest BCUT2D eigenvalue weighted by atomic mass is 9.88. The van der Waals surface area contributed by atoms with Crippen LogP contribution in [0.3, 0.4) is 0 Å². The molecule has 1 heterocycles. The summed E-state index contributed by atoms with van der Waals surface area (Å²) in [5.74, 6) is 1.07. The number of rotatable bonds is 15. The van der Waals surface area contributed by atoms with Crippen LogP contribution >= 0.6 is 0 Å². The van der Waals surface area contributed by atoms with E-state index >= 15 is 0 Å². The molecule has 0 radical (unpaired) electrons. The standard InChI is InChI=1S/C40H59N5O7S/c1-23-24(2)35(25(3)30-19-20-40(7,8)52-33(23)30)53(48,49)45-38(42)43-21-9-10-31(41)36(46)44-32(37(47)50-34(27-13-14-27)28-15-16-28)22-26-11-17-29(18-12-26)51-39(4,5)6/h11-12,17-18,27-28,31-32,34H,9-10,13-16,19-22,41H2,1-8H3,(H,44,46)(H3,42,43,45)/t31-,32-/m0/s1. The fourth-order valence-electron chi connectivity index (χ4n) is 7.01. The summed E-state index contributed by atoms with van der Waals surface area (Å²) in [6, 6.07) is 5.63. The molecule has 0 saturated heterocycles. The van der Waals surface area contributed by atoms with Gasteiger partial charge < -0.3 is 31.0 Å². The number of benzene rings is 2. The topological polar surface area (TPSA) is 184 Å². The van der Waals surface area contributed by atoms with Gasteiger partial charge in [0, 0.05) is 13.0 Å². The molecule has 5 rings (SSSR count). The molecular weight excluding hydrogens is 695 g/mol. The molecule has 0 bridgehead atoms. The van der Waals surface area contributed by atoms with Crippen molar-refractivity contribution in [2.75, 3.05) is 6.54 Å². The van der Waals surface area contributed by atoms with Crippen LogP contribution in [0.15, 0.2) is 34.2 Å². The molecule has 0 unspecified atom stereocenters. The molecule has 0 spiro atoms. The number of nitrogens with one attached hydrogen (secondary N) is 2. The largest absolute Gasteiger partial charge is 0.488 e. The Morgan fingerprint density at radius 2 is 1.64 bits per heavy atom. The minimum absolute atomic E-state index is 0.107. The Morgan fingerprint density at radius 1 is 1.02 bits per heavy atom. The smallest absolute Gasteiger partial charge is 0.329 e. The molecule has 1 aliphatic heterocycles. The van der Waals surface area contributed by atoms with E-state index in [-0.39, 0.29) is 47.5 Å². The van der Waals surface area contributed by atoms with E-state index in [2.05, 4.69) is 15.0 Å². The van der Waals surface area contributed by atoms with Crippen molar-refractivity contribution in [1.29, 1.82) is 0 Å². The van der Waals surface area contributed by atoms with E-state index in [1.54, 1.807) is 13.8 Å². The Hall–Kier alpha value is -3.84. The van der Waals surface area contributed by atoms with Gasteiger partial charge >= 0.3 is 5.97 Å². The van der Waals surface area contributed by atoms with Crippen LogP contribution in [0.5, 0.6) is 11.5 Å². The summed E-state index contributed by atoms with van der Waals surface area (Å²) in [6.45, 7) is 15.5. The van der Waals surface area contributed by atoms with Gasteiger partial charge in [-0.05, 0) is 159 Å². The summed E-state index contributed by atoms with van der Waals surface area (Å²) in [6.07, 6.45) is 6.43. The first-order chi connectivity index (χ1) is 24.7. The second-order valence-electron chi connectivity index (χ2n) is 16.7. The van der Waals surface area contributed by atoms with Crippen LogP contribution in [0.1, 0.15) is 107 Å². The number of amides is 1. The second-order valence-corrected chi connectivity index (χ2v) is 18.3. The van der Waals surface area contributed by atoms with Gasteiger partial charge in [0.15, 0.2) is 0 Å².